The highest BCUT2D eigenvalue weighted by Gasteiger charge is 2.15. The number of hydrogen-bond donors (Lipinski definition) is 1. The molecule has 1 aromatic carbocycles. The fourth-order valence-electron chi connectivity index (χ4n) is 2.31. The SMILES string of the molecule is CNC(=O)CCCS(=O)(=O)Cc1cc(C)nc(-c2ccc(Cl)cc2)n1. The zero-order valence-electron chi connectivity index (χ0n) is 14.1. The maximum absolute atomic E-state index is 12.3. The molecule has 0 atom stereocenters. The van der Waals surface area contributed by atoms with Gasteiger partial charge < -0.3 is 5.32 Å². The van der Waals surface area contributed by atoms with Gasteiger partial charge in [0.05, 0.1) is 17.2 Å². The van der Waals surface area contributed by atoms with E-state index in [2.05, 4.69) is 15.3 Å². The average molecular weight is 382 g/mol. The molecule has 0 unspecified atom stereocenters. The van der Waals surface area contributed by atoms with Gasteiger partial charge >= 0.3 is 0 Å². The van der Waals surface area contributed by atoms with Crippen molar-refractivity contribution in [2.24, 2.45) is 0 Å². The molecule has 8 heteroatoms. The first-order valence-electron chi connectivity index (χ1n) is 7.80. The second kappa shape index (κ2) is 8.40. The molecule has 1 N–H and O–H groups in total. The van der Waals surface area contributed by atoms with Crippen LogP contribution in [0.5, 0.6) is 0 Å². The lowest BCUT2D eigenvalue weighted by atomic mass is 10.2. The third kappa shape index (κ3) is 6.10. The number of sulfone groups is 1. The zero-order valence-corrected chi connectivity index (χ0v) is 15.7. The average Bonchev–Trinajstić information content (AvgIpc) is 2.54. The number of nitrogens with zero attached hydrogens (tertiary/aromatic N) is 2. The first kappa shape index (κ1) is 19.3. The first-order valence-corrected chi connectivity index (χ1v) is 10.0. The minimum Gasteiger partial charge on any atom is -0.359 e. The third-order valence-electron chi connectivity index (χ3n) is 3.52. The minimum atomic E-state index is -3.35. The maximum atomic E-state index is 12.3. The van der Waals surface area contributed by atoms with Crippen molar-refractivity contribution in [2.75, 3.05) is 12.8 Å². The van der Waals surface area contributed by atoms with E-state index in [1.54, 1.807) is 37.3 Å². The topological polar surface area (TPSA) is 89.0 Å². The lowest BCUT2D eigenvalue weighted by Gasteiger charge is -2.08. The molecule has 1 amide bonds. The quantitative estimate of drug-likeness (QED) is 0.796. The molecule has 0 saturated heterocycles. The molecule has 6 nitrogen and oxygen atoms in total. The summed E-state index contributed by atoms with van der Waals surface area (Å²) in [5, 5.41) is 3.08. The van der Waals surface area contributed by atoms with Crippen LogP contribution in [0.3, 0.4) is 0 Å². The van der Waals surface area contributed by atoms with Gasteiger partial charge in [-0.1, -0.05) is 11.6 Å². The number of carbonyl (C=O) groups is 1. The van der Waals surface area contributed by atoms with Crippen LogP contribution in [0, 0.1) is 6.92 Å². The number of halogens is 1. The summed E-state index contributed by atoms with van der Waals surface area (Å²) in [6.07, 6.45) is 0.477. The van der Waals surface area contributed by atoms with Gasteiger partial charge in [-0.25, -0.2) is 18.4 Å². The van der Waals surface area contributed by atoms with E-state index in [9.17, 15) is 13.2 Å². The molecule has 0 aliphatic heterocycles. The Kier molecular flexibility index (Phi) is 6.50. The number of hydrogen-bond acceptors (Lipinski definition) is 5. The molecule has 2 aromatic rings. The summed E-state index contributed by atoms with van der Waals surface area (Å²) >= 11 is 5.88. The number of rotatable bonds is 7. The highest BCUT2D eigenvalue weighted by Crippen LogP contribution is 2.19. The van der Waals surface area contributed by atoms with Crippen LogP contribution >= 0.6 is 11.6 Å². The highest BCUT2D eigenvalue weighted by molar-refractivity contribution is 7.90. The van der Waals surface area contributed by atoms with E-state index in [0.717, 1.165) is 5.56 Å². The number of nitrogens with one attached hydrogen (secondary N) is 1. The van der Waals surface area contributed by atoms with Crippen LogP contribution in [-0.2, 0) is 20.4 Å². The molecule has 0 saturated carbocycles. The number of aromatic nitrogens is 2. The van der Waals surface area contributed by atoms with E-state index in [1.165, 1.54) is 7.05 Å². The van der Waals surface area contributed by atoms with Gasteiger partial charge in [-0.15, -0.1) is 0 Å². The van der Waals surface area contributed by atoms with Crippen molar-refractivity contribution in [1.29, 1.82) is 0 Å². The van der Waals surface area contributed by atoms with Crippen LogP contribution in [0.25, 0.3) is 11.4 Å². The van der Waals surface area contributed by atoms with Crippen molar-refractivity contribution in [1.82, 2.24) is 15.3 Å². The fraction of sp³-hybridized carbons (Fsp3) is 0.353. The normalized spacial score (nSPS) is 11.3. The highest BCUT2D eigenvalue weighted by atomic mass is 35.5. The summed E-state index contributed by atoms with van der Waals surface area (Å²) in [5.41, 5.74) is 1.90. The summed E-state index contributed by atoms with van der Waals surface area (Å²) in [6.45, 7) is 1.79. The van der Waals surface area contributed by atoms with Gasteiger partial charge in [0, 0.05) is 29.7 Å². The summed E-state index contributed by atoms with van der Waals surface area (Å²) in [7, 11) is -1.83. The lowest BCUT2D eigenvalue weighted by Crippen LogP contribution is -2.19. The van der Waals surface area contributed by atoms with Crippen LogP contribution in [-0.4, -0.2) is 37.1 Å². The van der Waals surface area contributed by atoms with Crippen molar-refractivity contribution in [3.05, 3.63) is 46.7 Å². The lowest BCUT2D eigenvalue weighted by molar-refractivity contribution is -0.120. The minimum absolute atomic E-state index is 0.0558. The predicted molar refractivity (Wildman–Crippen MR) is 98.0 cm³/mol. The van der Waals surface area contributed by atoms with E-state index in [4.69, 9.17) is 11.6 Å². The fourth-order valence-corrected chi connectivity index (χ4v) is 3.76. The molecule has 0 aliphatic rings. The van der Waals surface area contributed by atoms with E-state index in [-0.39, 0.29) is 30.3 Å². The van der Waals surface area contributed by atoms with E-state index in [0.29, 0.717) is 22.2 Å². The van der Waals surface area contributed by atoms with Crippen LogP contribution < -0.4 is 5.32 Å². The third-order valence-corrected chi connectivity index (χ3v) is 5.41. The Hall–Kier alpha value is -1.99. The monoisotopic (exact) mass is 381 g/mol. The predicted octanol–water partition coefficient (Wildman–Crippen LogP) is 2.55. The summed E-state index contributed by atoms with van der Waals surface area (Å²) < 4.78 is 24.5. The summed E-state index contributed by atoms with van der Waals surface area (Å²) in [6, 6.07) is 8.71. The Morgan fingerprint density at radius 1 is 1.20 bits per heavy atom. The largest absolute Gasteiger partial charge is 0.359 e. The van der Waals surface area contributed by atoms with Gasteiger partial charge in [-0.05, 0) is 43.7 Å². The molecule has 0 aliphatic carbocycles. The molecule has 1 heterocycles. The van der Waals surface area contributed by atoms with Gasteiger partial charge in [-0.2, -0.15) is 0 Å². The Labute approximate surface area is 152 Å². The summed E-state index contributed by atoms with van der Waals surface area (Å²) in [5.74, 6) is 0.0649. The summed E-state index contributed by atoms with van der Waals surface area (Å²) in [4.78, 5) is 19.9. The zero-order chi connectivity index (χ0) is 18.4. The van der Waals surface area contributed by atoms with Crippen LogP contribution in [0.2, 0.25) is 5.02 Å². The van der Waals surface area contributed by atoms with Crippen LogP contribution in [0.1, 0.15) is 24.2 Å². The molecule has 0 spiro atoms. The second-order valence-electron chi connectivity index (χ2n) is 5.70. The standard InChI is InChI=1S/C17H20ClN3O3S/c1-12-10-15(11-25(23,24)9-3-4-16(22)19-2)21-17(20-12)13-5-7-14(18)8-6-13/h5-8,10H,3-4,9,11H2,1-2H3,(H,19,22). The van der Waals surface area contributed by atoms with Crippen molar-refractivity contribution in [2.45, 2.75) is 25.5 Å². The van der Waals surface area contributed by atoms with Gasteiger partial charge in [-0.3, -0.25) is 4.79 Å². The number of aryl methyl sites for hydroxylation is 1. The molecule has 0 fully saturated rings. The molecule has 134 valence electrons. The van der Waals surface area contributed by atoms with E-state index in [1.807, 2.05) is 0 Å². The molecule has 0 bridgehead atoms. The molecule has 25 heavy (non-hydrogen) atoms. The molecular weight excluding hydrogens is 362 g/mol. The number of benzene rings is 1. The van der Waals surface area contributed by atoms with Gasteiger partial charge in [0.1, 0.15) is 0 Å². The van der Waals surface area contributed by atoms with Crippen LogP contribution in [0.4, 0.5) is 0 Å². The first-order chi connectivity index (χ1) is 11.8. The maximum Gasteiger partial charge on any atom is 0.219 e. The van der Waals surface area contributed by atoms with Crippen molar-refractivity contribution in [3.8, 4) is 11.4 Å². The van der Waals surface area contributed by atoms with Crippen molar-refractivity contribution in [3.63, 3.8) is 0 Å². The second-order valence-corrected chi connectivity index (χ2v) is 8.32. The van der Waals surface area contributed by atoms with Gasteiger partial charge in [0.25, 0.3) is 0 Å². The Morgan fingerprint density at radius 3 is 2.52 bits per heavy atom. The van der Waals surface area contributed by atoms with E-state index < -0.39 is 9.84 Å². The molecule has 0 radical (unpaired) electrons. The van der Waals surface area contributed by atoms with Gasteiger partial charge in [0.2, 0.25) is 5.91 Å². The Balaban J connectivity index is 2.14. The number of carbonyl (C=O) groups excluding carboxylic acids is 1. The Bertz CT molecular complexity index is 852. The smallest absolute Gasteiger partial charge is 0.219 e. The molecular formula is C17H20ClN3O3S. The van der Waals surface area contributed by atoms with Crippen LogP contribution in [0.15, 0.2) is 30.3 Å². The van der Waals surface area contributed by atoms with Crippen molar-refractivity contribution >= 4 is 27.3 Å². The molecule has 2 rings (SSSR count). The number of amides is 1. The van der Waals surface area contributed by atoms with Crippen molar-refractivity contribution < 1.29 is 13.2 Å². The van der Waals surface area contributed by atoms with E-state index >= 15 is 0 Å². The van der Waals surface area contributed by atoms with Gasteiger partial charge in [0.15, 0.2) is 15.7 Å². The molecule has 1 aromatic heterocycles. The Morgan fingerprint density at radius 2 is 1.88 bits per heavy atom.